The molecule has 0 amide bonds. The van der Waals surface area contributed by atoms with Gasteiger partial charge in [0.15, 0.2) is 5.11 Å². The molecule has 2 aromatic rings. The van der Waals surface area contributed by atoms with E-state index in [9.17, 15) is 0 Å². The van der Waals surface area contributed by atoms with Gasteiger partial charge in [-0.2, -0.15) is 0 Å². The molecular weight excluding hydrogens is 302 g/mol. The predicted octanol–water partition coefficient (Wildman–Crippen LogP) is 4.08. The Hall–Kier alpha value is -2.07. The molecule has 4 heteroatoms. The van der Waals surface area contributed by atoms with Crippen LogP contribution < -0.4 is 15.5 Å². The molecular formula is C19H23N3S. The van der Waals surface area contributed by atoms with Crippen molar-refractivity contribution in [1.29, 1.82) is 0 Å². The summed E-state index contributed by atoms with van der Waals surface area (Å²) in [5.41, 5.74) is 4.80. The molecule has 0 unspecified atom stereocenters. The summed E-state index contributed by atoms with van der Waals surface area (Å²) >= 11 is 5.36. The Morgan fingerprint density at radius 1 is 1.09 bits per heavy atom. The van der Waals surface area contributed by atoms with E-state index >= 15 is 0 Å². The van der Waals surface area contributed by atoms with Crippen molar-refractivity contribution in [3.63, 3.8) is 0 Å². The van der Waals surface area contributed by atoms with Gasteiger partial charge in [-0.3, -0.25) is 0 Å². The number of anilines is 2. The number of hydrogen-bond acceptors (Lipinski definition) is 2. The molecule has 0 atom stereocenters. The molecule has 0 bridgehead atoms. The Kier molecular flexibility index (Phi) is 5.13. The second-order valence-corrected chi connectivity index (χ2v) is 6.45. The molecule has 1 aliphatic rings. The van der Waals surface area contributed by atoms with Crippen LogP contribution in [0.5, 0.6) is 0 Å². The molecule has 120 valence electrons. The average molecular weight is 325 g/mol. The Labute approximate surface area is 143 Å². The van der Waals surface area contributed by atoms with Crippen LogP contribution in [0.25, 0.3) is 0 Å². The fourth-order valence-corrected chi connectivity index (χ4v) is 3.07. The predicted molar refractivity (Wildman–Crippen MR) is 102 cm³/mol. The normalized spacial score (nSPS) is 13.9. The molecule has 3 rings (SSSR count). The fourth-order valence-electron chi connectivity index (χ4n) is 2.88. The Morgan fingerprint density at radius 2 is 1.83 bits per heavy atom. The molecule has 2 N–H and O–H groups in total. The standard InChI is InChI=1S/C19H23N3S/c1-15-5-4-6-17(13-15)21-19(23)20-14-16-7-9-18(10-8-16)22-11-2-3-12-22/h4-10,13H,2-3,11-12,14H2,1H3,(H2,20,21,23). The smallest absolute Gasteiger partial charge is 0.171 e. The van der Waals surface area contributed by atoms with Crippen molar-refractivity contribution >= 4 is 28.7 Å². The van der Waals surface area contributed by atoms with Crippen molar-refractivity contribution in [3.8, 4) is 0 Å². The summed E-state index contributed by atoms with van der Waals surface area (Å²) in [6, 6.07) is 17.0. The lowest BCUT2D eigenvalue weighted by molar-refractivity contribution is 0.921. The quantitative estimate of drug-likeness (QED) is 0.828. The Morgan fingerprint density at radius 3 is 2.52 bits per heavy atom. The second-order valence-electron chi connectivity index (χ2n) is 6.04. The summed E-state index contributed by atoms with van der Waals surface area (Å²) in [6.45, 7) is 5.17. The lowest BCUT2D eigenvalue weighted by Gasteiger charge is -2.18. The van der Waals surface area contributed by atoms with Crippen LogP contribution in [-0.4, -0.2) is 18.2 Å². The van der Waals surface area contributed by atoms with Gasteiger partial charge in [0, 0.05) is 31.0 Å². The maximum absolute atomic E-state index is 5.36. The largest absolute Gasteiger partial charge is 0.372 e. The number of nitrogens with zero attached hydrogens (tertiary/aromatic N) is 1. The third-order valence-corrected chi connectivity index (χ3v) is 4.38. The minimum absolute atomic E-state index is 0.652. The van der Waals surface area contributed by atoms with Crippen LogP contribution in [-0.2, 0) is 6.54 Å². The second kappa shape index (κ2) is 7.47. The first-order valence-corrected chi connectivity index (χ1v) is 8.57. The average Bonchev–Trinajstić information content (AvgIpc) is 3.08. The first-order valence-electron chi connectivity index (χ1n) is 8.16. The van der Waals surface area contributed by atoms with Crippen molar-refractivity contribution < 1.29 is 0 Å². The highest BCUT2D eigenvalue weighted by molar-refractivity contribution is 7.80. The highest BCUT2D eigenvalue weighted by Crippen LogP contribution is 2.20. The topological polar surface area (TPSA) is 27.3 Å². The molecule has 23 heavy (non-hydrogen) atoms. The van der Waals surface area contributed by atoms with E-state index in [1.54, 1.807) is 0 Å². The number of rotatable bonds is 4. The lowest BCUT2D eigenvalue weighted by Crippen LogP contribution is -2.27. The van der Waals surface area contributed by atoms with Gasteiger partial charge in [-0.1, -0.05) is 24.3 Å². The van der Waals surface area contributed by atoms with Gasteiger partial charge in [0.05, 0.1) is 0 Å². The van der Waals surface area contributed by atoms with E-state index in [2.05, 4.69) is 58.9 Å². The number of nitrogens with one attached hydrogen (secondary N) is 2. The first-order chi connectivity index (χ1) is 11.2. The van der Waals surface area contributed by atoms with Gasteiger partial charge in [0.25, 0.3) is 0 Å². The summed E-state index contributed by atoms with van der Waals surface area (Å²) in [4.78, 5) is 2.45. The number of benzene rings is 2. The van der Waals surface area contributed by atoms with Crippen LogP contribution in [0.1, 0.15) is 24.0 Å². The highest BCUT2D eigenvalue weighted by Gasteiger charge is 2.11. The van der Waals surface area contributed by atoms with Crippen LogP contribution >= 0.6 is 12.2 Å². The van der Waals surface area contributed by atoms with Gasteiger partial charge in [-0.25, -0.2) is 0 Å². The van der Waals surface area contributed by atoms with Gasteiger partial charge >= 0.3 is 0 Å². The zero-order valence-corrected chi connectivity index (χ0v) is 14.3. The summed E-state index contributed by atoms with van der Waals surface area (Å²) in [5.74, 6) is 0. The van der Waals surface area contributed by atoms with Gasteiger partial charge < -0.3 is 15.5 Å². The van der Waals surface area contributed by atoms with Gasteiger partial charge in [0.2, 0.25) is 0 Å². The fraction of sp³-hybridized carbons (Fsp3) is 0.316. The molecule has 0 saturated carbocycles. The SMILES string of the molecule is Cc1cccc(NC(=S)NCc2ccc(N3CCCC3)cc2)c1. The molecule has 0 radical (unpaired) electrons. The molecule has 2 aromatic carbocycles. The van der Waals surface area contributed by atoms with Gasteiger partial charge in [-0.15, -0.1) is 0 Å². The third kappa shape index (κ3) is 4.45. The van der Waals surface area contributed by atoms with E-state index in [-0.39, 0.29) is 0 Å². The molecule has 0 aromatic heterocycles. The van der Waals surface area contributed by atoms with Crippen LogP contribution in [0, 0.1) is 6.92 Å². The van der Waals surface area contributed by atoms with Crippen molar-refractivity contribution in [1.82, 2.24) is 5.32 Å². The maximum Gasteiger partial charge on any atom is 0.171 e. The van der Waals surface area contributed by atoms with Crippen LogP contribution in [0.3, 0.4) is 0 Å². The molecule has 1 aliphatic heterocycles. The van der Waals surface area contributed by atoms with E-state index in [0.717, 1.165) is 12.2 Å². The Bertz CT molecular complexity index is 661. The van der Waals surface area contributed by atoms with Crippen LogP contribution in [0.2, 0.25) is 0 Å². The first kappa shape index (κ1) is 15.8. The van der Waals surface area contributed by atoms with E-state index in [1.807, 2.05) is 12.1 Å². The van der Waals surface area contributed by atoms with Crippen molar-refractivity contribution in [2.45, 2.75) is 26.3 Å². The molecule has 1 saturated heterocycles. The summed E-state index contributed by atoms with van der Waals surface area (Å²) in [5, 5.41) is 7.14. The van der Waals surface area contributed by atoms with Crippen molar-refractivity contribution in [2.24, 2.45) is 0 Å². The molecule has 3 nitrogen and oxygen atoms in total. The third-order valence-electron chi connectivity index (χ3n) is 4.14. The molecule has 0 spiro atoms. The highest BCUT2D eigenvalue weighted by atomic mass is 32.1. The molecule has 1 heterocycles. The zero-order chi connectivity index (χ0) is 16.1. The van der Waals surface area contributed by atoms with Gasteiger partial charge in [0.1, 0.15) is 0 Å². The lowest BCUT2D eigenvalue weighted by atomic mass is 10.2. The summed E-state index contributed by atoms with van der Waals surface area (Å²) < 4.78 is 0. The van der Waals surface area contributed by atoms with Crippen LogP contribution in [0.15, 0.2) is 48.5 Å². The zero-order valence-electron chi connectivity index (χ0n) is 13.5. The number of aryl methyl sites for hydroxylation is 1. The van der Waals surface area contributed by atoms with E-state index < -0.39 is 0 Å². The monoisotopic (exact) mass is 325 g/mol. The van der Waals surface area contributed by atoms with Crippen LogP contribution in [0.4, 0.5) is 11.4 Å². The minimum atomic E-state index is 0.652. The summed E-state index contributed by atoms with van der Waals surface area (Å²) in [7, 11) is 0. The maximum atomic E-state index is 5.36. The van der Waals surface area contributed by atoms with E-state index in [1.165, 1.54) is 42.7 Å². The van der Waals surface area contributed by atoms with Gasteiger partial charge in [-0.05, 0) is 67.4 Å². The van der Waals surface area contributed by atoms with Crippen molar-refractivity contribution in [3.05, 3.63) is 59.7 Å². The van der Waals surface area contributed by atoms with E-state index in [0.29, 0.717) is 5.11 Å². The Balaban J connectivity index is 1.50. The number of thiocarbonyl (C=S) groups is 1. The summed E-state index contributed by atoms with van der Waals surface area (Å²) in [6.07, 6.45) is 2.62. The molecule has 0 aliphatic carbocycles. The number of hydrogen-bond donors (Lipinski definition) is 2. The molecule has 1 fully saturated rings. The van der Waals surface area contributed by atoms with Crippen molar-refractivity contribution in [2.75, 3.05) is 23.3 Å². The minimum Gasteiger partial charge on any atom is -0.372 e. The van der Waals surface area contributed by atoms with E-state index in [4.69, 9.17) is 12.2 Å².